The minimum Gasteiger partial charge on any atom is -0.396 e. The third-order valence-electron chi connectivity index (χ3n) is 3.10. The summed E-state index contributed by atoms with van der Waals surface area (Å²) in [7, 11) is 0. The molecular weight excluding hydrogens is 248 g/mol. The molecule has 0 saturated carbocycles. The Morgan fingerprint density at radius 3 is 2.33 bits per heavy atom. The van der Waals surface area contributed by atoms with E-state index in [-0.39, 0.29) is 12.1 Å². The molecule has 0 unspecified atom stereocenters. The molecule has 18 heavy (non-hydrogen) atoms. The highest BCUT2D eigenvalue weighted by atomic mass is 19.4. The lowest BCUT2D eigenvalue weighted by atomic mass is 10.1. The Labute approximate surface area is 102 Å². The van der Waals surface area contributed by atoms with Crippen molar-refractivity contribution < 1.29 is 17.6 Å². The zero-order valence-corrected chi connectivity index (χ0v) is 9.73. The van der Waals surface area contributed by atoms with Gasteiger partial charge in [0, 0.05) is 12.1 Å². The molecule has 1 saturated heterocycles. The van der Waals surface area contributed by atoms with Crippen molar-refractivity contribution in [2.75, 3.05) is 18.8 Å². The summed E-state index contributed by atoms with van der Waals surface area (Å²) < 4.78 is 51.5. The lowest BCUT2D eigenvalue weighted by Gasteiger charge is -2.17. The number of hydrogen-bond donors (Lipinski definition) is 1. The minimum atomic E-state index is -4.50. The van der Waals surface area contributed by atoms with Gasteiger partial charge < -0.3 is 5.73 Å². The van der Waals surface area contributed by atoms with Crippen LogP contribution in [0.25, 0.3) is 0 Å². The first-order chi connectivity index (χ1) is 8.38. The fraction of sp³-hybridized carbons (Fsp3) is 0.500. The fourth-order valence-electron chi connectivity index (χ4n) is 2.17. The van der Waals surface area contributed by atoms with Gasteiger partial charge in [0.25, 0.3) is 0 Å². The van der Waals surface area contributed by atoms with Crippen LogP contribution in [0.5, 0.6) is 0 Å². The molecule has 0 amide bonds. The summed E-state index contributed by atoms with van der Waals surface area (Å²) in [4.78, 5) is 1.93. The molecule has 2 N–H and O–H groups in total. The largest absolute Gasteiger partial charge is 0.416 e. The van der Waals surface area contributed by atoms with Crippen LogP contribution in [-0.2, 0) is 12.7 Å². The summed E-state index contributed by atoms with van der Waals surface area (Å²) >= 11 is 0. The molecule has 6 heteroatoms. The van der Waals surface area contributed by atoms with Crippen LogP contribution in [0.2, 0.25) is 0 Å². The SMILES string of the molecule is Nc1cc(C(F)(F)F)cc(CN2CCCC2)c1F. The molecule has 0 radical (unpaired) electrons. The van der Waals surface area contributed by atoms with Gasteiger partial charge in [-0.15, -0.1) is 0 Å². The Balaban J connectivity index is 2.30. The van der Waals surface area contributed by atoms with Gasteiger partial charge in [-0.2, -0.15) is 13.2 Å². The van der Waals surface area contributed by atoms with E-state index < -0.39 is 23.2 Å². The monoisotopic (exact) mass is 262 g/mol. The number of halogens is 4. The van der Waals surface area contributed by atoms with E-state index in [1.807, 2.05) is 4.90 Å². The van der Waals surface area contributed by atoms with Gasteiger partial charge in [-0.3, -0.25) is 4.90 Å². The summed E-state index contributed by atoms with van der Waals surface area (Å²) in [6, 6.07) is 1.49. The zero-order chi connectivity index (χ0) is 13.3. The third kappa shape index (κ3) is 2.75. The van der Waals surface area contributed by atoms with Gasteiger partial charge in [-0.25, -0.2) is 4.39 Å². The number of benzene rings is 1. The van der Waals surface area contributed by atoms with Crippen LogP contribution in [-0.4, -0.2) is 18.0 Å². The van der Waals surface area contributed by atoms with E-state index >= 15 is 0 Å². The maximum atomic E-state index is 13.7. The summed E-state index contributed by atoms with van der Waals surface area (Å²) in [6.45, 7) is 1.76. The topological polar surface area (TPSA) is 29.3 Å². The van der Waals surface area contributed by atoms with E-state index in [1.165, 1.54) is 0 Å². The third-order valence-corrected chi connectivity index (χ3v) is 3.10. The molecule has 1 aliphatic heterocycles. The summed E-state index contributed by atoms with van der Waals surface area (Å²) in [5.41, 5.74) is 3.98. The number of hydrogen-bond acceptors (Lipinski definition) is 2. The Bertz CT molecular complexity index is 436. The predicted octanol–water partition coefficient (Wildman–Crippen LogP) is 3.02. The zero-order valence-electron chi connectivity index (χ0n) is 9.73. The number of anilines is 1. The molecule has 0 bridgehead atoms. The predicted molar refractivity (Wildman–Crippen MR) is 60.3 cm³/mol. The van der Waals surface area contributed by atoms with Gasteiger partial charge in [0.05, 0.1) is 11.3 Å². The molecule has 1 aromatic rings. The van der Waals surface area contributed by atoms with Crippen molar-refractivity contribution in [3.05, 3.63) is 29.1 Å². The molecule has 0 aliphatic carbocycles. The van der Waals surface area contributed by atoms with Gasteiger partial charge in [0.1, 0.15) is 0 Å². The van der Waals surface area contributed by atoms with E-state index in [4.69, 9.17) is 5.73 Å². The standard InChI is InChI=1S/C12H14F4N2/c13-11-8(7-18-3-1-2-4-18)5-9(6-10(11)17)12(14,15)16/h5-6H,1-4,7,17H2. The Morgan fingerprint density at radius 2 is 1.78 bits per heavy atom. The Kier molecular flexibility index (Phi) is 3.47. The normalized spacial score (nSPS) is 17.3. The number of nitrogen functional groups attached to an aromatic ring is 1. The van der Waals surface area contributed by atoms with Crippen LogP contribution in [0.1, 0.15) is 24.0 Å². The highest BCUT2D eigenvalue weighted by Gasteiger charge is 2.32. The second-order valence-electron chi connectivity index (χ2n) is 4.52. The first-order valence-corrected chi connectivity index (χ1v) is 5.75. The number of nitrogens with two attached hydrogens (primary N) is 1. The van der Waals surface area contributed by atoms with E-state index in [0.717, 1.165) is 32.0 Å². The molecule has 0 atom stereocenters. The van der Waals surface area contributed by atoms with Gasteiger partial charge in [-0.1, -0.05) is 0 Å². The van der Waals surface area contributed by atoms with Gasteiger partial charge in [0.15, 0.2) is 5.82 Å². The van der Waals surface area contributed by atoms with Crippen LogP contribution in [0.3, 0.4) is 0 Å². The lowest BCUT2D eigenvalue weighted by Crippen LogP contribution is -2.20. The maximum absolute atomic E-state index is 13.7. The van der Waals surface area contributed by atoms with E-state index in [2.05, 4.69) is 0 Å². The Hall–Kier alpha value is -1.30. The molecule has 0 spiro atoms. The minimum absolute atomic E-state index is 0.0178. The number of nitrogens with zero attached hydrogens (tertiary/aromatic N) is 1. The van der Waals surface area contributed by atoms with Crippen LogP contribution in [0.15, 0.2) is 12.1 Å². The maximum Gasteiger partial charge on any atom is 0.416 e. The number of likely N-dealkylation sites (tertiary alicyclic amines) is 1. The molecule has 1 heterocycles. The van der Waals surface area contributed by atoms with Gasteiger partial charge in [-0.05, 0) is 38.1 Å². The molecule has 0 aromatic heterocycles. The molecular formula is C12H14F4N2. The summed E-state index contributed by atoms with van der Waals surface area (Å²) in [5.74, 6) is -0.741. The summed E-state index contributed by atoms with van der Waals surface area (Å²) in [5, 5.41) is 0. The quantitative estimate of drug-likeness (QED) is 0.655. The first kappa shape index (κ1) is 13.1. The molecule has 1 aliphatic rings. The summed E-state index contributed by atoms with van der Waals surface area (Å²) in [6.07, 6.45) is -2.51. The van der Waals surface area contributed by atoms with Gasteiger partial charge >= 0.3 is 6.18 Å². The average molecular weight is 262 g/mol. The van der Waals surface area contributed by atoms with Crippen LogP contribution < -0.4 is 5.73 Å². The van der Waals surface area contributed by atoms with Crippen LogP contribution in [0, 0.1) is 5.82 Å². The molecule has 2 rings (SSSR count). The average Bonchev–Trinajstić information content (AvgIpc) is 2.75. The van der Waals surface area contributed by atoms with E-state index in [1.54, 1.807) is 0 Å². The Morgan fingerprint density at radius 1 is 1.17 bits per heavy atom. The van der Waals surface area contributed by atoms with Crippen molar-refractivity contribution in [2.45, 2.75) is 25.6 Å². The molecule has 1 fully saturated rings. The molecule has 2 nitrogen and oxygen atoms in total. The lowest BCUT2D eigenvalue weighted by molar-refractivity contribution is -0.137. The second kappa shape index (κ2) is 4.76. The van der Waals surface area contributed by atoms with Crippen molar-refractivity contribution in [3.63, 3.8) is 0 Å². The highest BCUT2D eigenvalue weighted by Crippen LogP contribution is 2.33. The van der Waals surface area contributed by atoms with Crippen molar-refractivity contribution in [2.24, 2.45) is 0 Å². The van der Waals surface area contributed by atoms with Crippen molar-refractivity contribution >= 4 is 5.69 Å². The molecule has 1 aromatic carbocycles. The van der Waals surface area contributed by atoms with Crippen molar-refractivity contribution in [1.29, 1.82) is 0 Å². The number of alkyl halides is 3. The highest BCUT2D eigenvalue weighted by molar-refractivity contribution is 5.47. The van der Waals surface area contributed by atoms with Crippen LogP contribution in [0.4, 0.5) is 23.2 Å². The van der Waals surface area contributed by atoms with E-state index in [0.29, 0.717) is 6.07 Å². The van der Waals surface area contributed by atoms with Crippen LogP contribution >= 0.6 is 0 Å². The fourth-order valence-corrected chi connectivity index (χ4v) is 2.17. The molecule has 100 valence electrons. The smallest absolute Gasteiger partial charge is 0.396 e. The van der Waals surface area contributed by atoms with E-state index in [9.17, 15) is 17.6 Å². The van der Waals surface area contributed by atoms with Crippen molar-refractivity contribution in [1.82, 2.24) is 4.90 Å². The first-order valence-electron chi connectivity index (χ1n) is 5.75. The van der Waals surface area contributed by atoms with Gasteiger partial charge in [0.2, 0.25) is 0 Å². The number of rotatable bonds is 2. The van der Waals surface area contributed by atoms with Crippen molar-refractivity contribution in [3.8, 4) is 0 Å². The second-order valence-corrected chi connectivity index (χ2v) is 4.52.